The van der Waals surface area contributed by atoms with Crippen LogP contribution in [0.1, 0.15) is 32.4 Å². The van der Waals surface area contributed by atoms with E-state index in [0.29, 0.717) is 5.56 Å². The molecule has 0 spiro atoms. The molecule has 0 saturated carbocycles. The molecule has 148 valence electrons. The molecule has 0 aliphatic rings. The van der Waals surface area contributed by atoms with E-state index in [1.165, 1.54) is 31.4 Å². The average Bonchev–Trinajstić information content (AvgIpc) is 2.69. The number of aliphatic hydroxyl groups is 1. The molecular weight excluding hydrogens is 366 g/mol. The van der Waals surface area contributed by atoms with Crippen molar-refractivity contribution in [2.24, 2.45) is 0 Å². The number of nitrogens with zero attached hydrogens (tertiary/aromatic N) is 1. The molecule has 1 aromatic rings. The van der Waals surface area contributed by atoms with Crippen LogP contribution in [-0.2, 0) is 14.3 Å². The van der Waals surface area contributed by atoms with E-state index in [9.17, 15) is 20.0 Å². The molecule has 0 radical (unpaired) electrons. The number of nitro groups is 1. The largest absolute Gasteiger partial charge is 0.385 e. The van der Waals surface area contributed by atoms with E-state index < -0.39 is 31.0 Å². The third kappa shape index (κ3) is 6.25. The maximum absolute atomic E-state index is 12.6. The monoisotopic (exact) mass is 393 g/mol. The maximum Gasteiger partial charge on any atom is 0.269 e. The second-order valence-corrected chi connectivity index (χ2v) is 11.2. The minimum Gasteiger partial charge on any atom is -0.385 e. The van der Waals surface area contributed by atoms with Crippen LogP contribution in [0.4, 0.5) is 5.69 Å². The van der Waals surface area contributed by atoms with Gasteiger partial charge < -0.3 is 14.6 Å². The summed E-state index contributed by atoms with van der Waals surface area (Å²) in [4.78, 5) is 22.9. The predicted molar refractivity (Wildman–Crippen MR) is 105 cm³/mol. The number of hydrogen-bond acceptors (Lipinski definition) is 6. The number of ether oxygens (including phenoxy) is 2. The van der Waals surface area contributed by atoms with Gasteiger partial charge in [-0.05, 0) is 41.7 Å². The first kappa shape index (κ1) is 23.0. The van der Waals surface area contributed by atoms with Crippen LogP contribution < -0.4 is 0 Å². The Hall–Kier alpha value is -2.05. The van der Waals surface area contributed by atoms with Crippen molar-refractivity contribution in [2.45, 2.75) is 51.1 Å². The Morgan fingerprint density at radius 2 is 1.78 bits per heavy atom. The molecule has 2 atom stereocenters. The number of hydrogen-bond donors (Lipinski definition) is 1. The maximum atomic E-state index is 12.6. The zero-order chi connectivity index (χ0) is 20.4. The van der Waals surface area contributed by atoms with Crippen molar-refractivity contribution in [2.75, 3.05) is 13.9 Å². The molecule has 0 heterocycles. The Morgan fingerprint density at radius 1 is 1.22 bits per heavy atom. The minimum atomic E-state index is -1.82. The molecule has 0 aromatic heterocycles. The van der Waals surface area contributed by atoms with Crippen molar-refractivity contribution < 1.29 is 24.3 Å². The van der Waals surface area contributed by atoms with Crippen LogP contribution >= 0.6 is 0 Å². The van der Waals surface area contributed by atoms with Gasteiger partial charge in [-0.3, -0.25) is 14.9 Å². The van der Waals surface area contributed by atoms with Gasteiger partial charge in [0.15, 0.2) is 6.10 Å². The molecule has 1 aromatic carbocycles. The number of carbonyl (C=O) groups excluding carboxylic acids is 1. The van der Waals surface area contributed by atoms with Gasteiger partial charge in [0.05, 0.1) is 4.92 Å². The summed E-state index contributed by atoms with van der Waals surface area (Å²) < 4.78 is 10.2. The van der Waals surface area contributed by atoms with Gasteiger partial charge in [0.2, 0.25) is 5.78 Å². The van der Waals surface area contributed by atoms with E-state index >= 15 is 0 Å². The molecule has 0 aliphatic carbocycles. The second-order valence-electron chi connectivity index (χ2n) is 6.24. The van der Waals surface area contributed by atoms with E-state index in [-0.39, 0.29) is 12.5 Å². The van der Waals surface area contributed by atoms with Crippen LogP contribution in [-0.4, -0.2) is 43.9 Å². The Bertz CT molecular complexity index is 682. The van der Waals surface area contributed by atoms with Gasteiger partial charge in [0.1, 0.15) is 21.0 Å². The summed E-state index contributed by atoms with van der Waals surface area (Å²) in [6.45, 7) is 6.08. The highest BCUT2D eigenvalue weighted by molar-refractivity contribution is 6.87. The number of aliphatic hydroxyl groups excluding tert-OH is 1. The lowest BCUT2D eigenvalue weighted by atomic mass is 10.0. The van der Waals surface area contributed by atoms with E-state index in [4.69, 9.17) is 9.47 Å². The fourth-order valence-corrected chi connectivity index (χ4v) is 5.12. The zero-order valence-corrected chi connectivity index (χ0v) is 17.2. The number of nitro benzene ring substituents is 1. The van der Waals surface area contributed by atoms with Gasteiger partial charge in [-0.25, -0.2) is 0 Å². The van der Waals surface area contributed by atoms with Crippen molar-refractivity contribution in [1.82, 2.24) is 0 Å². The number of methoxy groups -OCH3 is 1. The number of rotatable bonds is 10. The van der Waals surface area contributed by atoms with E-state index in [0.717, 1.165) is 18.1 Å². The Kier molecular flexibility index (Phi) is 9.32. The number of ketones is 1. The van der Waals surface area contributed by atoms with E-state index in [1.807, 2.05) is 0 Å². The SMILES string of the molecule is CC[Si](C#CC(=O)[C@@H](OCOC)[C@@H](O)c1ccc([N+](=O)[O-])cc1)(CC)CC. The lowest BCUT2D eigenvalue weighted by Crippen LogP contribution is -2.33. The van der Waals surface area contributed by atoms with Gasteiger partial charge in [0.25, 0.3) is 5.69 Å². The van der Waals surface area contributed by atoms with Crippen LogP contribution in [0, 0.1) is 21.6 Å². The van der Waals surface area contributed by atoms with E-state index in [1.54, 1.807) is 0 Å². The number of Topliss-reactive ketones (excluding diaryl/α,β-unsaturated/α-hetero) is 1. The quantitative estimate of drug-likeness (QED) is 0.215. The van der Waals surface area contributed by atoms with Crippen LogP contribution in [0.2, 0.25) is 18.1 Å². The van der Waals surface area contributed by atoms with Crippen LogP contribution in [0.15, 0.2) is 24.3 Å². The molecule has 7 nitrogen and oxygen atoms in total. The second kappa shape index (κ2) is 10.9. The fourth-order valence-electron chi connectivity index (χ4n) is 2.70. The van der Waals surface area contributed by atoms with Crippen molar-refractivity contribution >= 4 is 19.5 Å². The molecule has 0 unspecified atom stereocenters. The van der Waals surface area contributed by atoms with Crippen LogP contribution in [0.5, 0.6) is 0 Å². The smallest absolute Gasteiger partial charge is 0.269 e. The number of non-ortho nitro benzene ring substituents is 1. The Balaban J connectivity index is 3.10. The molecule has 1 rings (SSSR count). The first-order chi connectivity index (χ1) is 12.8. The van der Waals surface area contributed by atoms with Crippen molar-refractivity contribution in [3.63, 3.8) is 0 Å². The summed E-state index contributed by atoms with van der Waals surface area (Å²) in [5.41, 5.74) is 3.42. The first-order valence-electron chi connectivity index (χ1n) is 8.94. The third-order valence-corrected chi connectivity index (χ3v) is 9.55. The first-order valence-corrected chi connectivity index (χ1v) is 11.6. The normalized spacial score (nSPS) is 13.4. The molecule has 0 fully saturated rings. The molecule has 0 saturated heterocycles. The highest BCUT2D eigenvalue weighted by Gasteiger charge is 2.30. The highest BCUT2D eigenvalue weighted by Crippen LogP contribution is 2.23. The number of benzene rings is 1. The molecule has 8 heteroatoms. The number of carbonyl (C=O) groups is 1. The summed E-state index contributed by atoms with van der Waals surface area (Å²) in [5.74, 6) is 2.17. The van der Waals surface area contributed by atoms with Gasteiger partial charge in [-0.2, -0.15) is 0 Å². The Labute approximate surface area is 160 Å². The lowest BCUT2D eigenvalue weighted by Gasteiger charge is -2.22. The summed E-state index contributed by atoms with van der Waals surface area (Å²) in [7, 11) is -0.405. The molecular formula is C19H27NO6Si. The minimum absolute atomic E-state index is 0.101. The standard InChI is InChI=1S/C19H27NO6Si/c1-5-27(6-2,7-3)13-12-17(21)19(26-14-25-4)18(22)15-8-10-16(11-9-15)20(23)24/h8-11,18-19,22H,5-7,14H2,1-4H3/t18-,19+/m0/s1. The lowest BCUT2D eigenvalue weighted by molar-refractivity contribution is -0.384. The Morgan fingerprint density at radius 3 is 2.22 bits per heavy atom. The molecule has 27 heavy (non-hydrogen) atoms. The molecule has 0 bridgehead atoms. The van der Waals surface area contributed by atoms with Gasteiger partial charge in [-0.1, -0.05) is 20.8 Å². The van der Waals surface area contributed by atoms with Gasteiger partial charge in [0, 0.05) is 19.2 Å². The summed E-state index contributed by atoms with van der Waals surface area (Å²) in [6.07, 6.45) is -2.53. The van der Waals surface area contributed by atoms with Crippen molar-refractivity contribution in [3.8, 4) is 11.5 Å². The fraction of sp³-hybridized carbons (Fsp3) is 0.526. The third-order valence-electron chi connectivity index (χ3n) is 4.84. The van der Waals surface area contributed by atoms with E-state index in [2.05, 4.69) is 32.2 Å². The molecule has 0 amide bonds. The van der Waals surface area contributed by atoms with Crippen molar-refractivity contribution in [3.05, 3.63) is 39.9 Å². The summed E-state index contributed by atoms with van der Waals surface area (Å²) in [5, 5.41) is 21.3. The van der Waals surface area contributed by atoms with Crippen molar-refractivity contribution in [1.29, 1.82) is 0 Å². The summed E-state index contributed by atoms with van der Waals surface area (Å²) in [6, 6.07) is 8.20. The average molecular weight is 394 g/mol. The summed E-state index contributed by atoms with van der Waals surface area (Å²) >= 11 is 0. The molecule has 0 aliphatic heterocycles. The van der Waals surface area contributed by atoms with Crippen LogP contribution in [0.25, 0.3) is 0 Å². The predicted octanol–water partition coefficient (Wildman–Crippen LogP) is 3.24. The zero-order valence-electron chi connectivity index (χ0n) is 16.2. The molecule has 1 N–H and O–H groups in total. The topological polar surface area (TPSA) is 98.9 Å². The highest BCUT2D eigenvalue weighted by atomic mass is 28.3. The van der Waals surface area contributed by atoms with Gasteiger partial charge >= 0.3 is 0 Å². The van der Waals surface area contributed by atoms with Gasteiger partial charge in [-0.15, -0.1) is 5.54 Å². The van der Waals surface area contributed by atoms with Crippen LogP contribution in [0.3, 0.4) is 0 Å².